The highest BCUT2D eigenvalue weighted by molar-refractivity contribution is 7.26. The average Bonchev–Trinajstić information content (AvgIpc) is 4.12. The van der Waals surface area contributed by atoms with Crippen molar-refractivity contribution < 1.29 is 0 Å². The van der Waals surface area contributed by atoms with Gasteiger partial charge < -0.3 is 0 Å². The maximum Gasteiger partial charge on any atom is 0.0719 e. The van der Waals surface area contributed by atoms with Crippen LogP contribution in [0.25, 0.3) is 52.9 Å². The van der Waals surface area contributed by atoms with E-state index in [0.29, 0.717) is 0 Å². The van der Waals surface area contributed by atoms with Gasteiger partial charge in [0, 0.05) is 25.6 Å². The van der Waals surface area contributed by atoms with Crippen LogP contribution in [0.3, 0.4) is 0 Å². The number of hydrogen-bond acceptors (Lipinski definition) is 1. The van der Waals surface area contributed by atoms with Gasteiger partial charge in [0.05, 0.1) is 5.41 Å². The molecule has 1 aromatic heterocycles. The summed E-state index contributed by atoms with van der Waals surface area (Å²) < 4.78 is 2.79. The Balaban J connectivity index is 0.000000121. The van der Waals surface area contributed by atoms with E-state index in [-0.39, 0.29) is 5.41 Å². The first-order valence-corrected chi connectivity index (χ1v) is 22.4. The summed E-state index contributed by atoms with van der Waals surface area (Å²) in [4.78, 5) is 0. The molecule has 9 aromatic rings. The van der Waals surface area contributed by atoms with Crippen molar-refractivity contribution in [3.63, 3.8) is 0 Å². The second-order valence-corrected chi connectivity index (χ2v) is 17.0. The van der Waals surface area contributed by atoms with Crippen LogP contribution in [0.1, 0.15) is 66.1 Å². The van der Waals surface area contributed by atoms with Gasteiger partial charge in [0.2, 0.25) is 0 Å². The SMILES string of the molecule is CC.CC1=CC=C(c2ccccc2)C1.Cc1cc2ccccc2c2c1ccc1c3ccccc3sc12.Cc1cccc(C2(c3ccccc3)C3=C(C=C=C3)c3ccccc32)c1. The monoisotopic (exact) mass is 802 g/mol. The molecular formula is C60H50S. The minimum absolute atomic E-state index is 0.265. The molecule has 61 heavy (non-hydrogen) atoms. The standard InChI is InChI=1S/C25H18.C21H14S.C12H12.C2H6/c1-18-9-7-12-20(17-18)25(19-10-3-2-4-11-19)23-15-6-5-13-21(23)22-14-8-16-24(22)25;1-13-12-14-6-2-3-7-16(14)20-15(13)10-11-18-17-8-4-5-9-19(17)22-21(18)20;1-10-7-8-12(9-10)11-5-3-2-4-6-11;1-2/h2-7,9-17H,1H3;2-12H,1H3;2-8H,9H2,1H3;1-2H3. The van der Waals surface area contributed by atoms with Crippen molar-refractivity contribution in [3.8, 4) is 0 Å². The summed E-state index contributed by atoms with van der Waals surface area (Å²) in [6, 6.07) is 63.5. The highest BCUT2D eigenvalue weighted by atomic mass is 32.1. The number of aryl methyl sites for hydroxylation is 2. The van der Waals surface area contributed by atoms with Crippen molar-refractivity contribution >= 4 is 64.2 Å². The molecule has 0 saturated carbocycles. The van der Waals surface area contributed by atoms with Crippen molar-refractivity contribution in [1.29, 1.82) is 0 Å². The first kappa shape index (κ1) is 39.7. The molecule has 0 radical (unpaired) electrons. The lowest BCUT2D eigenvalue weighted by atomic mass is 9.67. The first-order valence-electron chi connectivity index (χ1n) is 21.5. The van der Waals surface area contributed by atoms with E-state index in [9.17, 15) is 0 Å². The summed E-state index contributed by atoms with van der Waals surface area (Å²) in [6.07, 6.45) is 9.83. The molecular weight excluding hydrogens is 753 g/mol. The van der Waals surface area contributed by atoms with Crippen LogP contribution in [0.4, 0.5) is 0 Å². The molecule has 296 valence electrons. The van der Waals surface area contributed by atoms with Crippen LogP contribution in [0.2, 0.25) is 0 Å². The topological polar surface area (TPSA) is 0 Å². The predicted molar refractivity (Wildman–Crippen MR) is 267 cm³/mol. The fraction of sp³-hybridized carbons (Fsp3) is 0.117. The molecule has 1 heteroatoms. The van der Waals surface area contributed by atoms with Crippen LogP contribution >= 0.6 is 11.3 Å². The van der Waals surface area contributed by atoms with Gasteiger partial charge >= 0.3 is 0 Å². The van der Waals surface area contributed by atoms with E-state index in [1.165, 1.54) is 103 Å². The molecule has 0 bridgehead atoms. The van der Waals surface area contributed by atoms with E-state index in [0.717, 1.165) is 6.42 Å². The van der Waals surface area contributed by atoms with Gasteiger partial charge in [0.25, 0.3) is 0 Å². The Kier molecular flexibility index (Phi) is 11.1. The zero-order valence-corrected chi connectivity index (χ0v) is 36.5. The van der Waals surface area contributed by atoms with Gasteiger partial charge in [0.1, 0.15) is 0 Å². The summed E-state index contributed by atoms with van der Waals surface area (Å²) in [5.74, 6) is 0. The maximum atomic E-state index is 3.35. The van der Waals surface area contributed by atoms with Crippen LogP contribution in [0, 0.1) is 13.8 Å². The van der Waals surface area contributed by atoms with E-state index in [1.54, 1.807) is 0 Å². The number of rotatable bonds is 3. The highest BCUT2D eigenvalue weighted by Gasteiger charge is 2.47. The predicted octanol–water partition coefficient (Wildman–Crippen LogP) is 16.9. The zero-order valence-electron chi connectivity index (χ0n) is 35.7. The Hall–Kier alpha value is -6.76. The normalized spacial score (nSPS) is 15.7. The summed E-state index contributed by atoms with van der Waals surface area (Å²) in [5.41, 5.74) is 17.9. The largest absolute Gasteiger partial charge is 0.135 e. The number of allylic oxidation sites excluding steroid dienone is 7. The quantitative estimate of drug-likeness (QED) is 0.123. The molecule has 1 atom stereocenters. The van der Waals surface area contributed by atoms with Gasteiger partial charge in [-0.3, -0.25) is 0 Å². The smallest absolute Gasteiger partial charge is 0.0719 e. The molecule has 1 heterocycles. The third kappa shape index (κ3) is 7.11. The van der Waals surface area contributed by atoms with Crippen LogP contribution < -0.4 is 0 Å². The fourth-order valence-corrected chi connectivity index (χ4v) is 10.8. The second-order valence-electron chi connectivity index (χ2n) is 15.9. The Morgan fingerprint density at radius 2 is 1.21 bits per heavy atom. The lowest BCUT2D eigenvalue weighted by Crippen LogP contribution is -2.29. The van der Waals surface area contributed by atoms with Gasteiger partial charge in [-0.05, 0) is 112 Å². The molecule has 3 aliphatic rings. The summed E-state index contributed by atoms with van der Waals surface area (Å²) in [7, 11) is 0. The van der Waals surface area contributed by atoms with E-state index in [4.69, 9.17) is 0 Å². The molecule has 1 unspecified atom stereocenters. The van der Waals surface area contributed by atoms with Gasteiger partial charge in [0.15, 0.2) is 0 Å². The van der Waals surface area contributed by atoms with Gasteiger partial charge in [-0.1, -0.05) is 207 Å². The van der Waals surface area contributed by atoms with E-state index in [1.807, 2.05) is 25.2 Å². The lowest BCUT2D eigenvalue weighted by Gasteiger charge is -2.34. The van der Waals surface area contributed by atoms with Crippen LogP contribution in [-0.2, 0) is 5.41 Å². The summed E-state index contributed by atoms with van der Waals surface area (Å²) in [6.45, 7) is 10.6. The first-order chi connectivity index (χ1) is 30.0. The second kappa shape index (κ2) is 17.1. The fourth-order valence-electron chi connectivity index (χ4n) is 9.50. The molecule has 8 aromatic carbocycles. The number of benzene rings is 8. The minimum Gasteiger partial charge on any atom is -0.135 e. The van der Waals surface area contributed by atoms with Crippen LogP contribution in [-0.4, -0.2) is 0 Å². The van der Waals surface area contributed by atoms with Crippen molar-refractivity contribution in [2.24, 2.45) is 0 Å². The van der Waals surface area contributed by atoms with Crippen LogP contribution in [0.5, 0.6) is 0 Å². The molecule has 0 N–H and O–H groups in total. The average molecular weight is 803 g/mol. The number of hydrogen-bond donors (Lipinski definition) is 0. The highest BCUT2D eigenvalue weighted by Crippen LogP contribution is 2.56. The number of thiophene rings is 1. The molecule has 12 rings (SSSR count). The Labute approximate surface area is 364 Å². The molecule has 0 saturated heterocycles. The van der Waals surface area contributed by atoms with Gasteiger partial charge in [-0.15, -0.1) is 17.1 Å². The maximum absolute atomic E-state index is 3.35. The lowest BCUT2D eigenvalue weighted by molar-refractivity contribution is 0.761. The Morgan fingerprint density at radius 1 is 0.541 bits per heavy atom. The van der Waals surface area contributed by atoms with Crippen molar-refractivity contribution in [2.45, 2.75) is 46.5 Å². The van der Waals surface area contributed by atoms with E-state index < -0.39 is 0 Å². The summed E-state index contributed by atoms with van der Waals surface area (Å²) >= 11 is 1.91. The third-order valence-corrected chi connectivity index (χ3v) is 13.4. The molecule has 0 amide bonds. The Bertz CT molecular complexity index is 3240. The van der Waals surface area contributed by atoms with Gasteiger partial charge in [-0.2, -0.15) is 0 Å². The number of fused-ring (bicyclic) bond motifs is 9. The van der Waals surface area contributed by atoms with Crippen molar-refractivity contribution in [1.82, 2.24) is 0 Å². The van der Waals surface area contributed by atoms with Crippen LogP contribution in [0.15, 0.2) is 217 Å². The minimum atomic E-state index is -0.265. The van der Waals surface area contributed by atoms with E-state index >= 15 is 0 Å². The zero-order chi connectivity index (χ0) is 41.9. The van der Waals surface area contributed by atoms with Crippen molar-refractivity contribution in [3.05, 3.63) is 256 Å². The molecule has 3 aliphatic carbocycles. The van der Waals surface area contributed by atoms with E-state index in [2.05, 4.69) is 227 Å². The molecule has 0 nitrogen and oxygen atoms in total. The van der Waals surface area contributed by atoms with Crippen molar-refractivity contribution in [2.75, 3.05) is 0 Å². The Morgan fingerprint density at radius 3 is 1.98 bits per heavy atom. The summed E-state index contributed by atoms with van der Waals surface area (Å²) in [5, 5.41) is 8.23. The molecule has 0 spiro atoms. The third-order valence-electron chi connectivity index (χ3n) is 12.2. The molecule has 0 aliphatic heterocycles. The molecule has 0 fully saturated rings. The van der Waals surface area contributed by atoms with Gasteiger partial charge in [-0.25, -0.2) is 0 Å².